The number of anilines is 3. The van der Waals surface area contributed by atoms with Gasteiger partial charge in [-0.15, -0.1) is 0 Å². The molecule has 0 aliphatic carbocycles. The molecule has 3 nitrogen and oxygen atoms in total. The van der Waals surface area contributed by atoms with Crippen LogP contribution in [0.2, 0.25) is 0 Å². The van der Waals surface area contributed by atoms with Gasteiger partial charge in [0.2, 0.25) is 0 Å². The van der Waals surface area contributed by atoms with Crippen LogP contribution in [0.25, 0.3) is 11.1 Å². The predicted molar refractivity (Wildman–Crippen MR) is 119 cm³/mol. The number of hydrogen-bond acceptors (Lipinski definition) is 3. The number of aldehydes is 1. The predicted octanol–water partition coefficient (Wildman–Crippen LogP) is 6.64. The number of para-hydroxylation sites is 1. The van der Waals surface area contributed by atoms with Gasteiger partial charge in [-0.05, 0) is 71.8 Å². The SMILES string of the molecule is COc1ccc(-c2ccc(N(c3ccccc3)c3ccc(C=O)cc3)cc2)cc1. The Morgan fingerprint density at radius 2 is 1.10 bits per heavy atom. The number of hydrogen-bond donors (Lipinski definition) is 0. The van der Waals surface area contributed by atoms with E-state index in [-0.39, 0.29) is 0 Å². The highest BCUT2D eigenvalue weighted by Crippen LogP contribution is 2.35. The summed E-state index contributed by atoms with van der Waals surface area (Å²) in [6, 6.07) is 34.3. The summed E-state index contributed by atoms with van der Waals surface area (Å²) < 4.78 is 5.24. The van der Waals surface area contributed by atoms with Crippen molar-refractivity contribution in [3.63, 3.8) is 0 Å². The minimum atomic E-state index is 0.664. The zero-order chi connectivity index (χ0) is 20.1. The number of rotatable bonds is 6. The maximum atomic E-state index is 11.0. The minimum absolute atomic E-state index is 0.664. The monoisotopic (exact) mass is 379 g/mol. The minimum Gasteiger partial charge on any atom is -0.497 e. The smallest absolute Gasteiger partial charge is 0.150 e. The lowest BCUT2D eigenvalue weighted by molar-refractivity contribution is 0.112. The van der Waals surface area contributed by atoms with Crippen molar-refractivity contribution in [2.45, 2.75) is 0 Å². The Labute approximate surface area is 170 Å². The van der Waals surface area contributed by atoms with E-state index in [1.165, 1.54) is 0 Å². The van der Waals surface area contributed by atoms with Crippen LogP contribution < -0.4 is 9.64 Å². The van der Waals surface area contributed by atoms with Crippen molar-refractivity contribution in [3.05, 3.63) is 109 Å². The lowest BCUT2D eigenvalue weighted by Crippen LogP contribution is -2.09. The first-order chi connectivity index (χ1) is 14.3. The molecule has 4 rings (SSSR count). The Morgan fingerprint density at radius 1 is 0.621 bits per heavy atom. The molecule has 0 aliphatic heterocycles. The van der Waals surface area contributed by atoms with Crippen molar-refractivity contribution in [3.8, 4) is 16.9 Å². The molecule has 0 saturated heterocycles. The van der Waals surface area contributed by atoms with Crippen LogP contribution in [0.5, 0.6) is 5.75 Å². The fourth-order valence-corrected chi connectivity index (χ4v) is 3.31. The number of benzene rings is 4. The van der Waals surface area contributed by atoms with Gasteiger partial charge >= 0.3 is 0 Å². The molecule has 0 spiro atoms. The molecule has 4 aromatic rings. The standard InChI is InChI=1S/C26H21NO2/c1-29-26-17-11-22(12-18-26)21-9-15-25(16-10-21)27(23-5-3-2-4-6-23)24-13-7-20(19-28)8-14-24/h2-19H,1H3. The van der Waals surface area contributed by atoms with Crippen LogP contribution >= 0.6 is 0 Å². The van der Waals surface area contributed by atoms with Crippen molar-refractivity contribution in [1.82, 2.24) is 0 Å². The highest BCUT2D eigenvalue weighted by molar-refractivity contribution is 5.81. The van der Waals surface area contributed by atoms with Crippen LogP contribution in [-0.4, -0.2) is 13.4 Å². The Kier molecular flexibility index (Phi) is 5.39. The molecule has 0 saturated carbocycles. The van der Waals surface area contributed by atoms with Crippen LogP contribution in [0.15, 0.2) is 103 Å². The van der Waals surface area contributed by atoms with Gasteiger partial charge in [0.15, 0.2) is 0 Å². The summed E-state index contributed by atoms with van der Waals surface area (Å²) in [6.45, 7) is 0. The molecule has 0 aliphatic rings. The van der Waals surface area contributed by atoms with Gasteiger partial charge in [0.25, 0.3) is 0 Å². The summed E-state index contributed by atoms with van der Waals surface area (Å²) in [6.07, 6.45) is 0.861. The Morgan fingerprint density at radius 3 is 1.62 bits per heavy atom. The molecule has 0 bridgehead atoms. The zero-order valence-corrected chi connectivity index (χ0v) is 16.2. The summed E-state index contributed by atoms with van der Waals surface area (Å²) in [5.41, 5.74) is 6.05. The Hall–Kier alpha value is -3.85. The number of carbonyl (C=O) groups is 1. The largest absolute Gasteiger partial charge is 0.497 e. The van der Waals surface area contributed by atoms with Gasteiger partial charge in [-0.2, -0.15) is 0 Å². The van der Waals surface area contributed by atoms with Crippen molar-refractivity contribution in [2.24, 2.45) is 0 Å². The third kappa shape index (κ3) is 4.04. The zero-order valence-electron chi connectivity index (χ0n) is 16.2. The molecule has 29 heavy (non-hydrogen) atoms. The highest BCUT2D eigenvalue weighted by Gasteiger charge is 2.12. The molecular weight excluding hydrogens is 358 g/mol. The maximum absolute atomic E-state index is 11.0. The third-order valence-corrected chi connectivity index (χ3v) is 4.85. The molecule has 0 aromatic heterocycles. The molecule has 0 heterocycles. The van der Waals surface area contributed by atoms with Crippen molar-refractivity contribution in [2.75, 3.05) is 12.0 Å². The average Bonchev–Trinajstić information content (AvgIpc) is 2.81. The van der Waals surface area contributed by atoms with E-state index in [4.69, 9.17) is 4.74 Å². The van der Waals surface area contributed by atoms with Crippen LogP contribution in [0.3, 0.4) is 0 Å². The molecule has 0 amide bonds. The van der Waals surface area contributed by atoms with Gasteiger partial charge in [-0.25, -0.2) is 0 Å². The molecule has 0 fully saturated rings. The summed E-state index contributed by atoms with van der Waals surface area (Å²) in [5, 5.41) is 0. The first kappa shape index (κ1) is 18.5. The van der Waals surface area contributed by atoms with Gasteiger partial charge in [-0.3, -0.25) is 4.79 Å². The molecule has 0 atom stereocenters. The molecule has 0 radical (unpaired) electrons. The lowest BCUT2D eigenvalue weighted by atomic mass is 10.0. The second-order valence-electron chi connectivity index (χ2n) is 6.66. The first-order valence-electron chi connectivity index (χ1n) is 9.43. The molecular formula is C26H21NO2. The molecule has 0 N–H and O–H groups in total. The van der Waals surface area contributed by atoms with Crippen LogP contribution in [0, 0.1) is 0 Å². The third-order valence-electron chi connectivity index (χ3n) is 4.85. The number of carbonyl (C=O) groups excluding carboxylic acids is 1. The van der Waals surface area contributed by atoms with Gasteiger partial charge in [0.1, 0.15) is 12.0 Å². The average molecular weight is 379 g/mol. The van der Waals surface area contributed by atoms with Gasteiger partial charge in [0.05, 0.1) is 7.11 Å². The Bertz CT molecular complexity index is 1070. The molecule has 142 valence electrons. The van der Waals surface area contributed by atoms with E-state index >= 15 is 0 Å². The van der Waals surface area contributed by atoms with E-state index in [2.05, 4.69) is 53.4 Å². The van der Waals surface area contributed by atoms with Crippen molar-refractivity contribution in [1.29, 1.82) is 0 Å². The van der Waals surface area contributed by atoms with E-state index in [9.17, 15) is 4.79 Å². The van der Waals surface area contributed by atoms with Crippen molar-refractivity contribution < 1.29 is 9.53 Å². The maximum Gasteiger partial charge on any atom is 0.150 e. The second-order valence-corrected chi connectivity index (χ2v) is 6.66. The van der Waals surface area contributed by atoms with Crippen LogP contribution in [0.1, 0.15) is 10.4 Å². The quantitative estimate of drug-likeness (QED) is 0.352. The van der Waals surface area contributed by atoms with Gasteiger partial charge < -0.3 is 9.64 Å². The van der Waals surface area contributed by atoms with E-state index in [1.807, 2.05) is 54.6 Å². The molecule has 0 unspecified atom stereocenters. The summed E-state index contributed by atoms with van der Waals surface area (Å²) in [7, 11) is 1.67. The van der Waals surface area contributed by atoms with Crippen molar-refractivity contribution >= 4 is 23.3 Å². The first-order valence-corrected chi connectivity index (χ1v) is 9.43. The number of nitrogens with zero attached hydrogens (tertiary/aromatic N) is 1. The highest BCUT2D eigenvalue weighted by atomic mass is 16.5. The topological polar surface area (TPSA) is 29.5 Å². The fourth-order valence-electron chi connectivity index (χ4n) is 3.31. The summed E-state index contributed by atoms with van der Waals surface area (Å²) >= 11 is 0. The molecule has 3 heteroatoms. The van der Waals surface area contributed by atoms with E-state index < -0.39 is 0 Å². The Balaban J connectivity index is 1.71. The van der Waals surface area contributed by atoms with Gasteiger partial charge in [0, 0.05) is 22.6 Å². The summed E-state index contributed by atoms with van der Waals surface area (Å²) in [4.78, 5) is 13.2. The fraction of sp³-hybridized carbons (Fsp3) is 0.0385. The van der Waals surface area contributed by atoms with Crippen LogP contribution in [0.4, 0.5) is 17.1 Å². The normalized spacial score (nSPS) is 10.4. The number of methoxy groups -OCH3 is 1. The van der Waals surface area contributed by atoms with Crippen LogP contribution in [-0.2, 0) is 0 Å². The number of ether oxygens (including phenoxy) is 1. The lowest BCUT2D eigenvalue weighted by Gasteiger charge is -2.25. The summed E-state index contributed by atoms with van der Waals surface area (Å²) in [5.74, 6) is 0.847. The molecule has 4 aromatic carbocycles. The van der Waals surface area contributed by atoms with E-state index in [0.717, 1.165) is 40.2 Å². The van der Waals surface area contributed by atoms with Gasteiger partial charge in [-0.1, -0.05) is 42.5 Å². The van der Waals surface area contributed by atoms with E-state index in [1.54, 1.807) is 7.11 Å². The second kappa shape index (κ2) is 8.44. The van der Waals surface area contributed by atoms with E-state index in [0.29, 0.717) is 5.56 Å².